The molecular weight excluding hydrogens is 448 g/mol. The summed E-state index contributed by atoms with van der Waals surface area (Å²) in [5.41, 5.74) is 1.91. The molecule has 0 aliphatic rings. The van der Waals surface area contributed by atoms with Gasteiger partial charge in [0, 0.05) is 11.4 Å². The van der Waals surface area contributed by atoms with Crippen LogP contribution >= 0.6 is 0 Å². The maximum atomic E-state index is 12.4. The van der Waals surface area contributed by atoms with E-state index in [1.54, 1.807) is 49.4 Å². The maximum absolute atomic E-state index is 12.4. The van der Waals surface area contributed by atoms with Gasteiger partial charge in [0.05, 0.1) is 11.8 Å². The third kappa shape index (κ3) is 6.35. The number of carbonyl (C=O) groups is 3. The summed E-state index contributed by atoms with van der Waals surface area (Å²) >= 11 is 0. The van der Waals surface area contributed by atoms with E-state index in [0.29, 0.717) is 22.9 Å². The Balaban J connectivity index is 1.29. The number of esters is 1. The molecule has 8 heteroatoms. The molecule has 176 valence electrons. The lowest BCUT2D eigenvalue weighted by Gasteiger charge is -2.11. The van der Waals surface area contributed by atoms with Crippen molar-refractivity contribution in [3.63, 3.8) is 0 Å². The Labute approximate surface area is 201 Å². The first-order valence-corrected chi connectivity index (χ1v) is 10.7. The third-order valence-electron chi connectivity index (χ3n) is 4.92. The lowest BCUT2D eigenvalue weighted by Crippen LogP contribution is -2.21. The second-order valence-corrected chi connectivity index (χ2v) is 7.52. The zero-order chi connectivity index (χ0) is 24.6. The lowest BCUT2D eigenvalue weighted by atomic mass is 10.1. The number of nitrogens with one attached hydrogen (secondary N) is 2. The standard InChI is InChI=1S/C27H22N2O6/c1-18-9-10-19(16-23(18)29-26(31)24-8-5-15-33-24)27(32)34-17-25(30)28-20-11-13-22(14-12-20)35-21-6-3-2-4-7-21/h2-16H,17H2,1H3,(H,28,30)(H,29,31). The fourth-order valence-electron chi connectivity index (χ4n) is 3.12. The first kappa shape index (κ1) is 23.3. The van der Waals surface area contributed by atoms with Gasteiger partial charge in [-0.1, -0.05) is 24.3 Å². The molecule has 1 heterocycles. The number of benzene rings is 3. The molecule has 8 nitrogen and oxygen atoms in total. The van der Waals surface area contributed by atoms with Crippen molar-refractivity contribution in [2.45, 2.75) is 6.92 Å². The monoisotopic (exact) mass is 470 g/mol. The molecule has 0 unspecified atom stereocenters. The van der Waals surface area contributed by atoms with E-state index in [-0.39, 0.29) is 11.3 Å². The van der Waals surface area contributed by atoms with Crippen LogP contribution in [-0.4, -0.2) is 24.4 Å². The van der Waals surface area contributed by atoms with Crippen molar-refractivity contribution in [1.29, 1.82) is 0 Å². The number of hydrogen-bond acceptors (Lipinski definition) is 6. The number of amides is 2. The Hall–Kier alpha value is -4.85. The van der Waals surface area contributed by atoms with Crippen LogP contribution in [0, 0.1) is 6.92 Å². The summed E-state index contributed by atoms with van der Waals surface area (Å²) < 4.78 is 15.9. The minimum Gasteiger partial charge on any atom is -0.459 e. The van der Waals surface area contributed by atoms with Crippen molar-refractivity contribution in [3.05, 3.63) is 108 Å². The van der Waals surface area contributed by atoms with Gasteiger partial charge in [-0.25, -0.2) is 4.79 Å². The highest BCUT2D eigenvalue weighted by atomic mass is 16.5. The lowest BCUT2D eigenvalue weighted by molar-refractivity contribution is -0.119. The second-order valence-electron chi connectivity index (χ2n) is 7.52. The summed E-state index contributed by atoms with van der Waals surface area (Å²) in [4.78, 5) is 36.9. The minimum absolute atomic E-state index is 0.147. The summed E-state index contributed by atoms with van der Waals surface area (Å²) in [6.45, 7) is 1.32. The van der Waals surface area contributed by atoms with Crippen molar-refractivity contribution in [1.82, 2.24) is 0 Å². The van der Waals surface area contributed by atoms with Gasteiger partial charge in [-0.2, -0.15) is 0 Å². The largest absolute Gasteiger partial charge is 0.459 e. The highest BCUT2D eigenvalue weighted by Gasteiger charge is 2.15. The van der Waals surface area contributed by atoms with Crippen LogP contribution in [-0.2, 0) is 9.53 Å². The number of carbonyl (C=O) groups excluding carboxylic acids is 3. The highest BCUT2D eigenvalue weighted by molar-refractivity contribution is 6.03. The average molecular weight is 470 g/mol. The minimum atomic E-state index is -0.694. The molecule has 35 heavy (non-hydrogen) atoms. The SMILES string of the molecule is Cc1ccc(C(=O)OCC(=O)Nc2ccc(Oc3ccccc3)cc2)cc1NC(=O)c1ccco1. The quantitative estimate of drug-likeness (QED) is 0.333. The van der Waals surface area contributed by atoms with Crippen LogP contribution in [0.4, 0.5) is 11.4 Å². The molecule has 0 aliphatic heterocycles. The van der Waals surface area contributed by atoms with Gasteiger partial charge in [-0.05, 0) is 73.2 Å². The number of aryl methyl sites for hydroxylation is 1. The molecule has 3 aromatic carbocycles. The maximum Gasteiger partial charge on any atom is 0.338 e. The first-order valence-electron chi connectivity index (χ1n) is 10.7. The molecule has 0 spiro atoms. The zero-order valence-corrected chi connectivity index (χ0v) is 18.8. The second kappa shape index (κ2) is 10.8. The van der Waals surface area contributed by atoms with Crippen molar-refractivity contribution in [2.24, 2.45) is 0 Å². The number of hydrogen-bond donors (Lipinski definition) is 2. The topological polar surface area (TPSA) is 107 Å². The predicted octanol–water partition coefficient (Wildman–Crippen LogP) is 5.43. The summed E-state index contributed by atoms with van der Waals surface area (Å²) in [5.74, 6) is -0.156. The summed E-state index contributed by atoms with van der Waals surface area (Å²) in [6.07, 6.45) is 1.40. The molecule has 0 saturated carbocycles. The number of furan rings is 1. The molecule has 2 amide bonds. The van der Waals surface area contributed by atoms with E-state index in [1.165, 1.54) is 18.4 Å². The molecule has 0 saturated heterocycles. The van der Waals surface area contributed by atoms with E-state index in [4.69, 9.17) is 13.9 Å². The number of anilines is 2. The van der Waals surface area contributed by atoms with Gasteiger partial charge < -0.3 is 24.5 Å². The average Bonchev–Trinajstić information content (AvgIpc) is 3.41. The molecule has 0 radical (unpaired) electrons. The van der Waals surface area contributed by atoms with E-state index in [0.717, 1.165) is 5.56 Å². The van der Waals surface area contributed by atoms with E-state index >= 15 is 0 Å². The van der Waals surface area contributed by atoms with Crippen LogP contribution in [0.2, 0.25) is 0 Å². The molecule has 0 aliphatic carbocycles. The number of para-hydroxylation sites is 1. The van der Waals surface area contributed by atoms with E-state index < -0.39 is 24.4 Å². The molecule has 2 N–H and O–H groups in total. The van der Waals surface area contributed by atoms with Crippen LogP contribution in [0.5, 0.6) is 11.5 Å². The van der Waals surface area contributed by atoms with Crippen LogP contribution in [0.3, 0.4) is 0 Å². The fourth-order valence-corrected chi connectivity index (χ4v) is 3.12. The molecular formula is C27H22N2O6. The predicted molar refractivity (Wildman–Crippen MR) is 130 cm³/mol. The van der Waals surface area contributed by atoms with Crippen LogP contribution in [0.15, 0.2) is 95.6 Å². The van der Waals surface area contributed by atoms with Gasteiger partial charge in [0.1, 0.15) is 11.5 Å². The summed E-state index contributed by atoms with van der Waals surface area (Å²) in [7, 11) is 0. The van der Waals surface area contributed by atoms with Crippen molar-refractivity contribution in [3.8, 4) is 11.5 Å². The van der Waals surface area contributed by atoms with Gasteiger partial charge in [-0.3, -0.25) is 9.59 Å². The van der Waals surface area contributed by atoms with Crippen LogP contribution < -0.4 is 15.4 Å². The Morgan fingerprint density at radius 1 is 0.829 bits per heavy atom. The van der Waals surface area contributed by atoms with Gasteiger partial charge in [0.25, 0.3) is 11.8 Å². The van der Waals surface area contributed by atoms with Gasteiger partial charge in [0.15, 0.2) is 12.4 Å². The van der Waals surface area contributed by atoms with E-state index in [9.17, 15) is 14.4 Å². The van der Waals surface area contributed by atoms with E-state index in [2.05, 4.69) is 10.6 Å². The van der Waals surface area contributed by atoms with E-state index in [1.807, 2.05) is 30.3 Å². The Bertz CT molecular complexity index is 1320. The Morgan fingerprint density at radius 2 is 1.57 bits per heavy atom. The fraction of sp³-hybridized carbons (Fsp3) is 0.0741. The molecule has 0 atom stereocenters. The summed E-state index contributed by atoms with van der Waals surface area (Å²) in [6, 6.07) is 24.0. The Kier molecular flexibility index (Phi) is 7.22. The summed E-state index contributed by atoms with van der Waals surface area (Å²) in [5, 5.41) is 5.36. The van der Waals surface area contributed by atoms with Crippen molar-refractivity contribution >= 4 is 29.2 Å². The molecule has 0 fully saturated rings. The Morgan fingerprint density at radius 3 is 2.29 bits per heavy atom. The normalized spacial score (nSPS) is 10.3. The molecule has 4 rings (SSSR count). The van der Waals surface area contributed by atoms with Crippen molar-refractivity contribution < 1.29 is 28.3 Å². The smallest absolute Gasteiger partial charge is 0.338 e. The van der Waals surface area contributed by atoms with Gasteiger partial charge in [0.2, 0.25) is 0 Å². The number of rotatable bonds is 8. The third-order valence-corrected chi connectivity index (χ3v) is 4.92. The molecule has 0 bridgehead atoms. The van der Waals surface area contributed by atoms with Crippen LogP contribution in [0.1, 0.15) is 26.5 Å². The highest BCUT2D eigenvalue weighted by Crippen LogP contribution is 2.23. The molecule has 1 aromatic heterocycles. The van der Waals surface area contributed by atoms with Gasteiger partial charge in [-0.15, -0.1) is 0 Å². The first-order chi connectivity index (χ1) is 17.0. The van der Waals surface area contributed by atoms with Crippen molar-refractivity contribution in [2.75, 3.05) is 17.2 Å². The zero-order valence-electron chi connectivity index (χ0n) is 18.8. The number of ether oxygens (including phenoxy) is 2. The molecule has 4 aromatic rings. The van der Waals surface area contributed by atoms with Gasteiger partial charge >= 0.3 is 5.97 Å². The van der Waals surface area contributed by atoms with Crippen LogP contribution in [0.25, 0.3) is 0 Å².